The Morgan fingerprint density at radius 1 is 1.47 bits per heavy atom. The van der Waals surface area contributed by atoms with Crippen molar-refractivity contribution in [1.29, 1.82) is 0 Å². The second kappa shape index (κ2) is 5.34. The van der Waals surface area contributed by atoms with Gasteiger partial charge in [0.15, 0.2) is 6.04 Å². The van der Waals surface area contributed by atoms with Crippen LogP contribution in [0.15, 0.2) is 4.47 Å². The van der Waals surface area contributed by atoms with Crippen LogP contribution >= 0.6 is 15.9 Å². The van der Waals surface area contributed by atoms with Crippen LogP contribution in [0.2, 0.25) is 0 Å². The van der Waals surface area contributed by atoms with Gasteiger partial charge < -0.3 is 5.32 Å². The van der Waals surface area contributed by atoms with Gasteiger partial charge in [0.2, 0.25) is 0 Å². The molecule has 0 aliphatic carbocycles. The minimum absolute atomic E-state index is 0.0221. The second-order valence-corrected chi connectivity index (χ2v) is 6.05. The van der Waals surface area contributed by atoms with Crippen LogP contribution in [0, 0.1) is 5.92 Å². The van der Waals surface area contributed by atoms with Crippen molar-refractivity contribution in [3.63, 3.8) is 0 Å². The summed E-state index contributed by atoms with van der Waals surface area (Å²) in [6, 6.07) is -1.52. The summed E-state index contributed by atoms with van der Waals surface area (Å²) in [6.45, 7) is 4.49. The van der Waals surface area contributed by atoms with Crippen molar-refractivity contribution in [2.24, 2.45) is 5.92 Å². The largest absolute Gasteiger partial charge is 0.410 e. The molecule has 108 valence electrons. The maximum atomic E-state index is 13.0. The standard InChI is InChI=1S/C12H17BrF3N3/c1-7(2)3-4-8-10(13)11-17-6-5-9(12(14,15)16)19(11)18-8/h7,9,17H,3-6H2,1-2H3. The molecule has 0 bridgehead atoms. The highest BCUT2D eigenvalue weighted by atomic mass is 79.9. The summed E-state index contributed by atoms with van der Waals surface area (Å²) in [5.74, 6) is 0.948. The van der Waals surface area contributed by atoms with Crippen LogP contribution < -0.4 is 5.32 Å². The lowest BCUT2D eigenvalue weighted by Crippen LogP contribution is -2.34. The van der Waals surface area contributed by atoms with Crippen molar-refractivity contribution >= 4 is 21.7 Å². The predicted octanol–water partition coefficient (Wildman–Crippen LogP) is 4.15. The average Bonchev–Trinajstić information content (AvgIpc) is 2.62. The summed E-state index contributed by atoms with van der Waals surface area (Å²) in [7, 11) is 0. The average molecular weight is 340 g/mol. The van der Waals surface area contributed by atoms with E-state index >= 15 is 0 Å². The van der Waals surface area contributed by atoms with E-state index in [2.05, 4.69) is 40.2 Å². The van der Waals surface area contributed by atoms with Crippen molar-refractivity contribution in [3.8, 4) is 0 Å². The molecular weight excluding hydrogens is 323 g/mol. The third-order valence-electron chi connectivity index (χ3n) is 3.26. The number of hydrogen-bond donors (Lipinski definition) is 1. The normalized spacial score (nSPS) is 19.4. The summed E-state index contributed by atoms with van der Waals surface area (Å²) >= 11 is 3.37. The zero-order valence-electron chi connectivity index (χ0n) is 10.9. The first-order chi connectivity index (χ1) is 8.80. The van der Waals surface area contributed by atoms with Gasteiger partial charge in [0.1, 0.15) is 5.82 Å². The number of alkyl halides is 3. The molecule has 1 atom stereocenters. The van der Waals surface area contributed by atoms with Gasteiger partial charge in [-0.3, -0.25) is 0 Å². The Morgan fingerprint density at radius 2 is 2.16 bits per heavy atom. The Kier molecular flexibility index (Phi) is 4.13. The van der Waals surface area contributed by atoms with Crippen LogP contribution in [0.25, 0.3) is 0 Å². The van der Waals surface area contributed by atoms with Crippen molar-refractivity contribution in [3.05, 3.63) is 10.2 Å². The van der Waals surface area contributed by atoms with Gasteiger partial charge in [-0.2, -0.15) is 18.3 Å². The minimum Gasteiger partial charge on any atom is -0.369 e. The van der Waals surface area contributed by atoms with Crippen molar-refractivity contribution in [2.45, 2.75) is 45.3 Å². The number of aryl methyl sites for hydroxylation is 1. The fourth-order valence-corrected chi connectivity index (χ4v) is 2.78. The van der Waals surface area contributed by atoms with Crippen LogP contribution in [-0.4, -0.2) is 22.5 Å². The molecule has 0 saturated heterocycles. The number of anilines is 1. The molecule has 19 heavy (non-hydrogen) atoms. The molecule has 7 heteroatoms. The van der Waals surface area contributed by atoms with E-state index in [-0.39, 0.29) is 6.42 Å². The fourth-order valence-electron chi connectivity index (χ4n) is 2.18. The molecule has 0 spiro atoms. The molecule has 2 heterocycles. The van der Waals surface area contributed by atoms with E-state index in [4.69, 9.17) is 0 Å². The lowest BCUT2D eigenvalue weighted by atomic mass is 10.1. The smallest absolute Gasteiger partial charge is 0.369 e. The summed E-state index contributed by atoms with van der Waals surface area (Å²) in [6.07, 6.45) is -2.64. The van der Waals surface area contributed by atoms with E-state index in [9.17, 15) is 13.2 Å². The monoisotopic (exact) mass is 339 g/mol. The third kappa shape index (κ3) is 3.07. The molecule has 1 N–H and O–H groups in total. The molecule has 2 rings (SSSR count). The van der Waals surface area contributed by atoms with Gasteiger partial charge in [-0.15, -0.1) is 0 Å². The Morgan fingerprint density at radius 3 is 2.74 bits per heavy atom. The summed E-state index contributed by atoms with van der Waals surface area (Å²) in [4.78, 5) is 0. The van der Waals surface area contributed by atoms with Crippen molar-refractivity contribution in [2.75, 3.05) is 11.9 Å². The Balaban J connectivity index is 2.30. The third-order valence-corrected chi connectivity index (χ3v) is 4.09. The molecule has 1 aliphatic heterocycles. The first-order valence-corrected chi connectivity index (χ1v) is 7.17. The highest BCUT2D eigenvalue weighted by Crippen LogP contribution is 2.41. The molecule has 0 fully saturated rings. The molecule has 1 aromatic heterocycles. The van der Waals surface area contributed by atoms with Gasteiger partial charge >= 0.3 is 6.18 Å². The zero-order chi connectivity index (χ0) is 14.2. The van der Waals surface area contributed by atoms with E-state index in [0.717, 1.165) is 11.1 Å². The molecule has 3 nitrogen and oxygen atoms in total. The van der Waals surface area contributed by atoms with Crippen LogP contribution in [0.5, 0.6) is 0 Å². The van der Waals surface area contributed by atoms with Gasteiger partial charge in [0.25, 0.3) is 0 Å². The Labute approximate surface area is 118 Å². The van der Waals surface area contributed by atoms with E-state index in [1.54, 1.807) is 0 Å². The lowest BCUT2D eigenvalue weighted by Gasteiger charge is -2.27. The van der Waals surface area contributed by atoms with Gasteiger partial charge in [-0.25, -0.2) is 4.68 Å². The number of hydrogen-bond acceptors (Lipinski definition) is 2. The molecule has 0 amide bonds. The van der Waals surface area contributed by atoms with Gasteiger partial charge in [0.05, 0.1) is 10.2 Å². The predicted molar refractivity (Wildman–Crippen MR) is 71.3 cm³/mol. The van der Waals surface area contributed by atoms with Gasteiger partial charge in [0, 0.05) is 6.54 Å². The zero-order valence-corrected chi connectivity index (χ0v) is 12.5. The summed E-state index contributed by atoms with van der Waals surface area (Å²) < 4.78 is 40.7. The molecule has 1 aromatic rings. The highest BCUT2D eigenvalue weighted by molar-refractivity contribution is 9.10. The van der Waals surface area contributed by atoms with E-state index in [1.807, 2.05) is 0 Å². The minimum atomic E-state index is -4.25. The Hall–Kier alpha value is -0.720. The van der Waals surface area contributed by atoms with Crippen LogP contribution in [0.4, 0.5) is 19.0 Å². The van der Waals surface area contributed by atoms with Crippen molar-refractivity contribution < 1.29 is 13.2 Å². The molecular formula is C12H17BrF3N3. The molecule has 1 aliphatic rings. The molecule has 0 saturated carbocycles. The number of fused-ring (bicyclic) bond motifs is 1. The van der Waals surface area contributed by atoms with E-state index < -0.39 is 12.2 Å². The number of halogens is 4. The molecule has 0 aromatic carbocycles. The molecule has 1 unspecified atom stereocenters. The van der Waals surface area contributed by atoms with Crippen LogP contribution in [0.3, 0.4) is 0 Å². The maximum Gasteiger partial charge on any atom is 0.410 e. The summed E-state index contributed by atoms with van der Waals surface area (Å²) in [5.41, 5.74) is 0.701. The summed E-state index contributed by atoms with van der Waals surface area (Å²) in [5, 5.41) is 7.15. The first kappa shape index (κ1) is 14.7. The quantitative estimate of drug-likeness (QED) is 0.896. The van der Waals surface area contributed by atoms with Gasteiger partial charge in [-0.1, -0.05) is 13.8 Å². The van der Waals surface area contributed by atoms with E-state index in [0.29, 0.717) is 34.9 Å². The SMILES string of the molecule is CC(C)CCc1nn2c(c1Br)NCCC2C(F)(F)F. The first-order valence-electron chi connectivity index (χ1n) is 6.38. The fraction of sp³-hybridized carbons (Fsp3) is 0.750. The number of nitrogens with zero attached hydrogens (tertiary/aromatic N) is 2. The Bertz CT molecular complexity index is 454. The number of nitrogens with one attached hydrogen (secondary N) is 1. The second-order valence-electron chi connectivity index (χ2n) is 5.26. The number of aromatic nitrogens is 2. The van der Waals surface area contributed by atoms with Crippen molar-refractivity contribution in [1.82, 2.24) is 9.78 Å². The van der Waals surface area contributed by atoms with Gasteiger partial charge in [-0.05, 0) is 41.1 Å². The lowest BCUT2D eigenvalue weighted by molar-refractivity contribution is -0.171. The molecule has 0 radical (unpaired) electrons. The maximum absolute atomic E-state index is 13.0. The van der Waals surface area contributed by atoms with Crippen LogP contribution in [0.1, 0.15) is 38.4 Å². The van der Waals surface area contributed by atoms with Crippen LogP contribution in [-0.2, 0) is 6.42 Å². The van der Waals surface area contributed by atoms with E-state index in [1.165, 1.54) is 0 Å². The highest BCUT2D eigenvalue weighted by Gasteiger charge is 2.44. The number of rotatable bonds is 3. The topological polar surface area (TPSA) is 29.9 Å².